The van der Waals surface area contributed by atoms with Crippen LogP contribution in [0, 0.1) is 10.9 Å². The summed E-state index contributed by atoms with van der Waals surface area (Å²) in [6.07, 6.45) is 0. The third kappa shape index (κ3) is 1.70. The van der Waals surface area contributed by atoms with E-state index in [2.05, 4.69) is 53.2 Å². The van der Waals surface area contributed by atoms with Gasteiger partial charge < -0.3 is 0 Å². The van der Waals surface area contributed by atoms with E-state index in [0.717, 1.165) is 11.0 Å². The minimum absolute atomic E-state index is 0.0547. The van der Waals surface area contributed by atoms with Crippen molar-refractivity contribution in [3.8, 4) is 0 Å². The number of fused-ring (bicyclic) bond motifs is 2. The van der Waals surface area contributed by atoms with Crippen LogP contribution in [0.1, 0.15) is 5.56 Å². The Morgan fingerprint density at radius 2 is 2.06 bits per heavy atom. The Hall–Kier alpha value is -0.722. The van der Waals surface area contributed by atoms with Gasteiger partial charge in [0.1, 0.15) is 0 Å². The van der Waals surface area contributed by atoms with E-state index in [9.17, 15) is 0 Å². The molecule has 0 atom stereocenters. The van der Waals surface area contributed by atoms with Crippen LogP contribution in [-0.4, -0.2) is 15.3 Å². The molecule has 1 aliphatic heterocycles. The van der Waals surface area contributed by atoms with Crippen molar-refractivity contribution in [2.45, 2.75) is 6.92 Å². The van der Waals surface area contributed by atoms with Gasteiger partial charge in [-0.05, 0) is 0 Å². The first-order valence-corrected chi connectivity index (χ1v) is 7.74. The molecule has 0 saturated carbocycles. The summed E-state index contributed by atoms with van der Waals surface area (Å²) in [5.74, 6) is 0. The molecule has 0 amide bonds. The van der Waals surface area contributed by atoms with Crippen LogP contribution in [0.5, 0.6) is 0 Å². The molecule has 3 rings (SSSR count). The first kappa shape index (κ1) is 10.4. The van der Waals surface area contributed by atoms with E-state index < -0.39 is 0 Å². The van der Waals surface area contributed by atoms with Crippen LogP contribution in [0.2, 0.25) is 0 Å². The van der Waals surface area contributed by atoms with E-state index >= 15 is 0 Å². The first-order valence-electron chi connectivity index (χ1n) is 5.07. The van der Waals surface area contributed by atoms with E-state index in [1.165, 1.54) is 18.3 Å². The number of hydrogen-bond acceptors (Lipinski definition) is 1. The summed E-state index contributed by atoms with van der Waals surface area (Å²) < 4.78 is 3.99. The van der Waals surface area contributed by atoms with Crippen molar-refractivity contribution >= 4 is 41.3 Å². The maximum atomic E-state index is 4.70. The zero-order valence-electron chi connectivity index (χ0n) is 8.74. The zero-order valence-corrected chi connectivity index (χ0v) is 12.2. The van der Waals surface area contributed by atoms with Crippen molar-refractivity contribution in [1.82, 2.24) is 0 Å². The van der Waals surface area contributed by atoms with Gasteiger partial charge in [-0.25, -0.2) is 0 Å². The van der Waals surface area contributed by atoms with E-state index in [-0.39, 0.29) is 15.3 Å². The summed E-state index contributed by atoms with van der Waals surface area (Å²) in [5.41, 5.74) is 2.47. The summed E-state index contributed by atoms with van der Waals surface area (Å²) in [5, 5.41) is 1.13. The van der Waals surface area contributed by atoms with Gasteiger partial charge in [-0.15, -0.1) is 0 Å². The molecule has 0 spiro atoms. The number of nitrogens with zero attached hydrogens (tertiary/aromatic N) is 1. The molecule has 1 aliphatic rings. The molecule has 1 nitrogen and oxygen atoms in total. The molecule has 0 bridgehead atoms. The summed E-state index contributed by atoms with van der Waals surface area (Å²) in [6, 6.07) is 12.8. The maximum absolute atomic E-state index is 4.70. The Balaban J connectivity index is 2.40. The van der Waals surface area contributed by atoms with Crippen LogP contribution in [-0.2, 0) is 0 Å². The van der Waals surface area contributed by atoms with E-state index in [0.29, 0.717) is 0 Å². The second-order valence-electron chi connectivity index (χ2n) is 3.82. The summed E-state index contributed by atoms with van der Waals surface area (Å²) in [7, 11) is 0. The number of aryl methyl sites for hydroxylation is 1. The molecule has 78 valence electrons. The molecule has 0 saturated heterocycles. The van der Waals surface area contributed by atoms with Crippen LogP contribution >= 0.6 is 15.9 Å². The van der Waals surface area contributed by atoms with Crippen molar-refractivity contribution in [2.24, 2.45) is 4.99 Å². The number of hydrogen-bond donors (Lipinski definition) is 0. The second-order valence-corrected chi connectivity index (χ2v) is 7.10. The second kappa shape index (κ2) is 3.94. The molecule has 2 aromatic rings. The Morgan fingerprint density at radius 1 is 1.19 bits per heavy atom. The zero-order chi connectivity index (χ0) is 11.1. The van der Waals surface area contributed by atoms with Gasteiger partial charge in [-0.1, -0.05) is 0 Å². The molecular formula is C13H9AsBrN. The molecule has 1 heterocycles. The Labute approximate surface area is 109 Å². The molecule has 16 heavy (non-hydrogen) atoms. The van der Waals surface area contributed by atoms with Crippen molar-refractivity contribution < 1.29 is 0 Å². The Kier molecular flexibility index (Phi) is 2.57. The molecule has 0 aromatic heterocycles. The molecule has 0 aliphatic carbocycles. The Morgan fingerprint density at radius 3 is 2.94 bits per heavy atom. The van der Waals surface area contributed by atoms with Gasteiger partial charge in [0.15, 0.2) is 0 Å². The molecule has 2 aromatic carbocycles. The third-order valence-corrected chi connectivity index (χ3v) is 6.61. The van der Waals surface area contributed by atoms with Crippen LogP contribution in [0.15, 0.2) is 45.9 Å². The molecule has 0 unspecified atom stereocenters. The van der Waals surface area contributed by atoms with Crippen molar-refractivity contribution in [3.63, 3.8) is 0 Å². The van der Waals surface area contributed by atoms with E-state index in [1.807, 2.05) is 6.07 Å². The first-order chi connectivity index (χ1) is 7.74. The van der Waals surface area contributed by atoms with Crippen LogP contribution < -0.4 is 9.71 Å². The number of benzene rings is 2. The van der Waals surface area contributed by atoms with Crippen LogP contribution in [0.3, 0.4) is 0 Å². The fraction of sp³-hybridized carbons (Fsp3) is 0.0769. The molecular weight excluding hydrogens is 325 g/mol. The van der Waals surface area contributed by atoms with Gasteiger partial charge in [0.2, 0.25) is 0 Å². The minimum atomic E-state index is 0.0547. The SMILES string of the molecule is Cc1ccc2c(c1)[As]=c1c(Br)cccc1=N2. The molecule has 0 N–H and O–H groups in total. The van der Waals surface area contributed by atoms with Gasteiger partial charge in [0, 0.05) is 0 Å². The molecule has 0 radical (unpaired) electrons. The number of rotatable bonds is 0. The number of halogens is 1. The van der Waals surface area contributed by atoms with Gasteiger partial charge in [0.25, 0.3) is 0 Å². The summed E-state index contributed by atoms with van der Waals surface area (Å²) in [6.45, 7) is 2.14. The quantitative estimate of drug-likeness (QED) is 0.560. The fourth-order valence-corrected chi connectivity index (χ4v) is 5.04. The molecule has 3 heteroatoms. The van der Waals surface area contributed by atoms with Gasteiger partial charge in [0.05, 0.1) is 0 Å². The van der Waals surface area contributed by atoms with Gasteiger partial charge in [-0.2, -0.15) is 0 Å². The predicted octanol–water partition coefficient (Wildman–Crippen LogP) is 2.30. The van der Waals surface area contributed by atoms with E-state index in [4.69, 9.17) is 4.99 Å². The van der Waals surface area contributed by atoms with Gasteiger partial charge in [-0.3, -0.25) is 0 Å². The van der Waals surface area contributed by atoms with Crippen LogP contribution in [0.4, 0.5) is 5.69 Å². The summed E-state index contributed by atoms with van der Waals surface area (Å²) in [4.78, 5) is 4.70. The van der Waals surface area contributed by atoms with Crippen molar-refractivity contribution in [3.05, 3.63) is 55.7 Å². The van der Waals surface area contributed by atoms with Gasteiger partial charge >= 0.3 is 109 Å². The van der Waals surface area contributed by atoms with Crippen molar-refractivity contribution in [1.29, 1.82) is 0 Å². The standard InChI is InChI=1S/C13H9AsBrN/c1-8-5-6-11-9(7-8)14-13-10(15)3-2-4-12(13)16-11/h2-7H,1H3. The molecule has 0 fully saturated rings. The van der Waals surface area contributed by atoms with E-state index in [1.54, 1.807) is 0 Å². The van der Waals surface area contributed by atoms with Crippen LogP contribution in [0.25, 0.3) is 0 Å². The van der Waals surface area contributed by atoms with Crippen molar-refractivity contribution in [2.75, 3.05) is 0 Å². The monoisotopic (exact) mass is 333 g/mol. The average molecular weight is 334 g/mol. The fourth-order valence-electron chi connectivity index (χ4n) is 1.77. The third-order valence-electron chi connectivity index (χ3n) is 2.57. The predicted molar refractivity (Wildman–Crippen MR) is 70.4 cm³/mol. The Bertz CT molecular complexity index is 692. The average Bonchev–Trinajstić information content (AvgIpc) is 2.28. The summed E-state index contributed by atoms with van der Waals surface area (Å²) >= 11 is 3.67. The normalized spacial score (nSPS) is 13.1. The topological polar surface area (TPSA) is 12.4 Å².